The Hall–Kier alpha value is -0.730. The highest BCUT2D eigenvalue weighted by atomic mass is 35.5. The van der Waals surface area contributed by atoms with Crippen LogP contribution in [-0.2, 0) is 0 Å². The van der Waals surface area contributed by atoms with Gasteiger partial charge in [0, 0.05) is 11.1 Å². The zero-order valence-corrected chi connectivity index (χ0v) is 13.6. The van der Waals surface area contributed by atoms with Crippen molar-refractivity contribution in [3.05, 3.63) is 29.0 Å². The van der Waals surface area contributed by atoms with E-state index in [0.29, 0.717) is 12.0 Å². The van der Waals surface area contributed by atoms with Gasteiger partial charge in [0.2, 0.25) is 0 Å². The number of nitrogens with zero attached hydrogens (tertiary/aromatic N) is 2. The Labute approximate surface area is 130 Å². The van der Waals surface area contributed by atoms with Gasteiger partial charge in [-0.3, -0.25) is 0 Å². The first-order valence-corrected chi connectivity index (χ1v) is 8.12. The van der Waals surface area contributed by atoms with Gasteiger partial charge in [-0.15, -0.1) is 11.6 Å². The van der Waals surface area contributed by atoms with E-state index in [0.717, 1.165) is 27.8 Å². The van der Waals surface area contributed by atoms with Gasteiger partial charge in [0.1, 0.15) is 5.82 Å². The van der Waals surface area contributed by atoms with Gasteiger partial charge in [-0.2, -0.15) is 0 Å². The molecule has 4 heteroatoms. The molecule has 0 radical (unpaired) electrons. The zero-order valence-electron chi connectivity index (χ0n) is 12.1. The van der Waals surface area contributed by atoms with E-state index in [2.05, 4.69) is 18.4 Å². The summed E-state index contributed by atoms with van der Waals surface area (Å²) in [7, 11) is 0. The first kappa shape index (κ1) is 14.2. The van der Waals surface area contributed by atoms with Crippen LogP contribution in [0.1, 0.15) is 50.9 Å². The number of halogens is 2. The number of benzene rings is 1. The molecule has 1 aliphatic rings. The van der Waals surface area contributed by atoms with Gasteiger partial charge in [0.25, 0.3) is 0 Å². The second kappa shape index (κ2) is 5.23. The van der Waals surface area contributed by atoms with Crippen molar-refractivity contribution in [3.8, 4) is 0 Å². The lowest BCUT2D eigenvalue weighted by atomic mass is 9.97. The normalized spacial score (nSPS) is 28.1. The first-order chi connectivity index (χ1) is 9.49. The Morgan fingerprint density at radius 2 is 2.05 bits per heavy atom. The number of imidazole rings is 1. The van der Waals surface area contributed by atoms with Crippen LogP contribution >= 0.6 is 23.2 Å². The van der Waals surface area contributed by atoms with Crippen molar-refractivity contribution < 1.29 is 0 Å². The molecule has 0 amide bonds. The van der Waals surface area contributed by atoms with E-state index in [9.17, 15) is 0 Å². The Balaban J connectivity index is 2.21. The summed E-state index contributed by atoms with van der Waals surface area (Å²) in [5, 5.41) is 0.662. The van der Waals surface area contributed by atoms with E-state index in [1.54, 1.807) is 0 Å². The van der Waals surface area contributed by atoms with Crippen molar-refractivity contribution in [1.29, 1.82) is 0 Å². The van der Waals surface area contributed by atoms with Gasteiger partial charge in [-0.25, -0.2) is 4.98 Å². The van der Waals surface area contributed by atoms with E-state index in [1.165, 1.54) is 12.8 Å². The Morgan fingerprint density at radius 3 is 2.65 bits per heavy atom. The van der Waals surface area contributed by atoms with Crippen molar-refractivity contribution in [2.45, 2.75) is 45.0 Å². The molecule has 1 fully saturated rings. The fraction of sp³-hybridized carbons (Fsp3) is 0.562. The molecule has 1 aliphatic carbocycles. The standard InChI is InChI=1S/C16H20Cl2N2/c1-9-4-7-14(10(9)2)20-15-8-12(18)5-6-13(15)19-16(20)11(3)17/h5-6,8-11,14H,4,7H2,1-3H3. The SMILES string of the molecule is CC(Cl)c1nc2ccc(Cl)cc2n1C1CCC(C)C1C. The molecule has 0 N–H and O–H groups in total. The molecule has 0 bridgehead atoms. The van der Waals surface area contributed by atoms with Gasteiger partial charge in [-0.05, 0) is 49.8 Å². The molecule has 2 nitrogen and oxygen atoms in total. The van der Waals surface area contributed by atoms with Crippen molar-refractivity contribution in [3.63, 3.8) is 0 Å². The van der Waals surface area contributed by atoms with Gasteiger partial charge >= 0.3 is 0 Å². The van der Waals surface area contributed by atoms with Crippen molar-refractivity contribution in [2.75, 3.05) is 0 Å². The number of aromatic nitrogens is 2. The van der Waals surface area contributed by atoms with Crippen LogP contribution in [0.4, 0.5) is 0 Å². The summed E-state index contributed by atoms with van der Waals surface area (Å²) in [6.45, 7) is 6.66. The van der Waals surface area contributed by atoms with Crippen LogP contribution in [0.15, 0.2) is 18.2 Å². The first-order valence-electron chi connectivity index (χ1n) is 7.30. The van der Waals surface area contributed by atoms with E-state index in [1.807, 2.05) is 25.1 Å². The summed E-state index contributed by atoms with van der Waals surface area (Å²) in [5.41, 5.74) is 2.11. The van der Waals surface area contributed by atoms with Crippen LogP contribution in [0.25, 0.3) is 11.0 Å². The van der Waals surface area contributed by atoms with Gasteiger partial charge in [0.05, 0.1) is 16.4 Å². The summed E-state index contributed by atoms with van der Waals surface area (Å²) < 4.78 is 2.34. The van der Waals surface area contributed by atoms with Crippen LogP contribution in [0.5, 0.6) is 0 Å². The van der Waals surface area contributed by atoms with Crippen LogP contribution < -0.4 is 0 Å². The molecule has 108 valence electrons. The largest absolute Gasteiger partial charge is 0.323 e. The maximum Gasteiger partial charge on any atom is 0.127 e. The maximum absolute atomic E-state index is 6.37. The maximum atomic E-state index is 6.37. The molecule has 1 heterocycles. The summed E-state index contributed by atoms with van der Waals surface area (Å²) in [6, 6.07) is 6.37. The minimum atomic E-state index is -0.0933. The summed E-state index contributed by atoms with van der Waals surface area (Å²) in [4.78, 5) is 4.73. The molecule has 20 heavy (non-hydrogen) atoms. The lowest BCUT2D eigenvalue weighted by molar-refractivity contribution is 0.352. The van der Waals surface area contributed by atoms with Crippen LogP contribution in [-0.4, -0.2) is 9.55 Å². The van der Waals surface area contributed by atoms with Gasteiger partial charge in [0.15, 0.2) is 0 Å². The zero-order chi connectivity index (χ0) is 14.4. The molecule has 0 aliphatic heterocycles. The quantitative estimate of drug-likeness (QED) is 0.660. The third-order valence-corrected chi connectivity index (χ3v) is 5.22. The molecular formula is C16H20Cl2N2. The van der Waals surface area contributed by atoms with E-state index in [-0.39, 0.29) is 5.38 Å². The summed E-state index contributed by atoms with van der Waals surface area (Å²) in [5.74, 6) is 2.35. The molecule has 1 aromatic heterocycles. The second-order valence-electron chi connectivity index (χ2n) is 6.07. The highest BCUT2D eigenvalue weighted by Crippen LogP contribution is 2.43. The topological polar surface area (TPSA) is 17.8 Å². The lowest BCUT2D eigenvalue weighted by Gasteiger charge is -2.23. The van der Waals surface area contributed by atoms with Gasteiger partial charge in [-0.1, -0.05) is 25.4 Å². The van der Waals surface area contributed by atoms with Crippen molar-refractivity contribution in [1.82, 2.24) is 9.55 Å². The van der Waals surface area contributed by atoms with Crippen LogP contribution in [0, 0.1) is 11.8 Å². The average molecular weight is 311 g/mol. The molecule has 0 spiro atoms. The number of hydrogen-bond acceptors (Lipinski definition) is 1. The molecule has 4 atom stereocenters. The minimum absolute atomic E-state index is 0.0933. The monoisotopic (exact) mass is 310 g/mol. The number of fused-ring (bicyclic) bond motifs is 1. The third kappa shape index (κ3) is 2.23. The molecule has 2 aromatic rings. The number of alkyl halides is 1. The van der Waals surface area contributed by atoms with Crippen molar-refractivity contribution >= 4 is 34.2 Å². The Kier molecular flexibility index (Phi) is 3.72. The molecule has 1 saturated carbocycles. The van der Waals surface area contributed by atoms with E-state index < -0.39 is 0 Å². The van der Waals surface area contributed by atoms with Crippen molar-refractivity contribution in [2.24, 2.45) is 11.8 Å². The molecule has 3 rings (SSSR count). The number of rotatable bonds is 2. The third-order valence-electron chi connectivity index (χ3n) is 4.79. The van der Waals surface area contributed by atoms with E-state index in [4.69, 9.17) is 28.2 Å². The molecule has 4 unspecified atom stereocenters. The second-order valence-corrected chi connectivity index (χ2v) is 7.16. The predicted octanol–water partition coefficient (Wildman–Crippen LogP) is 5.60. The summed E-state index contributed by atoms with van der Waals surface area (Å²) >= 11 is 12.5. The Bertz CT molecular complexity index is 633. The summed E-state index contributed by atoms with van der Waals surface area (Å²) in [6.07, 6.45) is 2.46. The molecule has 1 aromatic carbocycles. The lowest BCUT2D eigenvalue weighted by Crippen LogP contribution is -2.17. The molecule has 0 saturated heterocycles. The fourth-order valence-electron chi connectivity index (χ4n) is 3.42. The smallest absolute Gasteiger partial charge is 0.127 e. The average Bonchev–Trinajstić information content (AvgIpc) is 2.91. The number of hydrogen-bond donors (Lipinski definition) is 0. The highest BCUT2D eigenvalue weighted by molar-refractivity contribution is 6.31. The molecular weight excluding hydrogens is 291 g/mol. The Morgan fingerprint density at radius 1 is 1.30 bits per heavy atom. The van der Waals surface area contributed by atoms with Crippen LogP contribution in [0.3, 0.4) is 0 Å². The highest BCUT2D eigenvalue weighted by Gasteiger charge is 2.34. The minimum Gasteiger partial charge on any atom is -0.323 e. The van der Waals surface area contributed by atoms with Gasteiger partial charge < -0.3 is 4.57 Å². The predicted molar refractivity (Wildman–Crippen MR) is 85.6 cm³/mol. The van der Waals surface area contributed by atoms with Crippen LogP contribution in [0.2, 0.25) is 5.02 Å². The fourth-order valence-corrected chi connectivity index (χ4v) is 3.74. The van der Waals surface area contributed by atoms with E-state index >= 15 is 0 Å².